The Morgan fingerprint density at radius 1 is 1.27 bits per heavy atom. The number of nitrogens with one attached hydrogen (secondary N) is 2. The molecule has 0 unspecified atom stereocenters. The summed E-state index contributed by atoms with van der Waals surface area (Å²) in [6.07, 6.45) is 4.46. The Morgan fingerprint density at radius 2 is 2.05 bits per heavy atom. The molecule has 22 heavy (non-hydrogen) atoms. The standard InChI is InChI=1S/C15H21N3O3.ClH/c16-8-4-2-1-3-5-14(19)17-11-6-7-12-13(9-11)21-10-15(20)18-12;/h6-7,9H,1-5,8,10,16H2,(H,17,19)(H,18,20);1H. The van der Waals surface area contributed by atoms with Crippen molar-refractivity contribution in [2.75, 3.05) is 23.8 Å². The van der Waals surface area contributed by atoms with Crippen molar-refractivity contribution in [3.8, 4) is 5.75 Å². The first-order valence-corrected chi connectivity index (χ1v) is 7.25. The first-order valence-electron chi connectivity index (χ1n) is 7.25. The summed E-state index contributed by atoms with van der Waals surface area (Å²) in [4.78, 5) is 23.0. The van der Waals surface area contributed by atoms with Gasteiger partial charge in [0.2, 0.25) is 5.91 Å². The highest BCUT2D eigenvalue weighted by atomic mass is 35.5. The number of halogens is 1. The van der Waals surface area contributed by atoms with E-state index in [1.165, 1.54) is 0 Å². The summed E-state index contributed by atoms with van der Waals surface area (Å²) in [5.41, 5.74) is 6.73. The molecule has 0 bridgehead atoms. The van der Waals surface area contributed by atoms with E-state index in [0.29, 0.717) is 30.1 Å². The smallest absolute Gasteiger partial charge is 0.262 e. The van der Waals surface area contributed by atoms with Crippen LogP contribution in [-0.4, -0.2) is 25.0 Å². The molecule has 4 N–H and O–H groups in total. The van der Waals surface area contributed by atoms with Crippen molar-refractivity contribution in [1.82, 2.24) is 0 Å². The number of amides is 2. The van der Waals surface area contributed by atoms with Gasteiger partial charge in [0, 0.05) is 18.2 Å². The van der Waals surface area contributed by atoms with Gasteiger partial charge in [-0.25, -0.2) is 0 Å². The molecule has 1 aliphatic heterocycles. The van der Waals surface area contributed by atoms with Crippen LogP contribution < -0.4 is 21.1 Å². The van der Waals surface area contributed by atoms with E-state index in [9.17, 15) is 9.59 Å². The molecular formula is C15H22ClN3O3. The second-order valence-electron chi connectivity index (χ2n) is 5.05. The number of hydrogen-bond donors (Lipinski definition) is 3. The van der Waals surface area contributed by atoms with E-state index in [-0.39, 0.29) is 30.8 Å². The van der Waals surface area contributed by atoms with Crippen molar-refractivity contribution in [3.63, 3.8) is 0 Å². The average Bonchev–Trinajstić information content (AvgIpc) is 2.47. The van der Waals surface area contributed by atoms with Gasteiger partial charge in [0.1, 0.15) is 5.75 Å². The number of fused-ring (bicyclic) bond motifs is 1. The minimum Gasteiger partial charge on any atom is -0.482 e. The number of carbonyl (C=O) groups excluding carboxylic acids is 2. The third kappa shape index (κ3) is 5.54. The van der Waals surface area contributed by atoms with Gasteiger partial charge in [-0.15, -0.1) is 12.4 Å². The van der Waals surface area contributed by atoms with Crippen LogP contribution in [0.15, 0.2) is 18.2 Å². The Hall–Kier alpha value is -1.79. The molecule has 0 aromatic heterocycles. The second-order valence-corrected chi connectivity index (χ2v) is 5.05. The molecule has 7 heteroatoms. The third-order valence-corrected chi connectivity index (χ3v) is 3.26. The molecule has 0 atom stereocenters. The minimum atomic E-state index is -0.170. The quantitative estimate of drug-likeness (QED) is 0.670. The van der Waals surface area contributed by atoms with Crippen molar-refractivity contribution < 1.29 is 14.3 Å². The van der Waals surface area contributed by atoms with E-state index < -0.39 is 0 Å². The van der Waals surface area contributed by atoms with Gasteiger partial charge in [0.05, 0.1) is 5.69 Å². The number of anilines is 2. The molecular weight excluding hydrogens is 306 g/mol. The number of unbranched alkanes of at least 4 members (excludes halogenated alkanes) is 3. The fraction of sp³-hybridized carbons (Fsp3) is 0.467. The van der Waals surface area contributed by atoms with Crippen LogP contribution in [0, 0.1) is 0 Å². The van der Waals surface area contributed by atoms with Crippen molar-refractivity contribution >= 4 is 35.6 Å². The Bertz CT molecular complexity index is 523. The van der Waals surface area contributed by atoms with Crippen LogP contribution in [0.25, 0.3) is 0 Å². The van der Waals surface area contributed by atoms with E-state index in [0.717, 1.165) is 25.7 Å². The lowest BCUT2D eigenvalue weighted by Crippen LogP contribution is -2.25. The summed E-state index contributed by atoms with van der Waals surface area (Å²) in [6, 6.07) is 5.20. The first kappa shape index (κ1) is 18.3. The molecule has 0 radical (unpaired) electrons. The first-order chi connectivity index (χ1) is 10.2. The summed E-state index contributed by atoms with van der Waals surface area (Å²) in [6.45, 7) is 0.712. The maximum atomic E-state index is 11.8. The molecule has 1 heterocycles. The van der Waals surface area contributed by atoms with Crippen LogP contribution in [0.5, 0.6) is 5.75 Å². The minimum absolute atomic E-state index is 0. The molecule has 2 amide bonds. The van der Waals surface area contributed by atoms with E-state index >= 15 is 0 Å². The normalized spacial score (nSPS) is 12.5. The highest BCUT2D eigenvalue weighted by Crippen LogP contribution is 2.30. The zero-order chi connectivity index (χ0) is 15.1. The van der Waals surface area contributed by atoms with E-state index in [2.05, 4.69) is 10.6 Å². The summed E-state index contributed by atoms with van der Waals surface area (Å²) in [5, 5.41) is 5.55. The lowest BCUT2D eigenvalue weighted by Gasteiger charge is -2.18. The van der Waals surface area contributed by atoms with Crippen molar-refractivity contribution in [2.45, 2.75) is 32.1 Å². The maximum Gasteiger partial charge on any atom is 0.262 e. The lowest BCUT2D eigenvalue weighted by atomic mass is 10.1. The molecule has 0 fully saturated rings. The number of ether oxygens (including phenoxy) is 1. The zero-order valence-corrected chi connectivity index (χ0v) is 13.2. The fourth-order valence-electron chi connectivity index (χ4n) is 2.16. The highest BCUT2D eigenvalue weighted by Gasteiger charge is 2.16. The average molecular weight is 328 g/mol. The molecule has 2 rings (SSSR count). The van der Waals surface area contributed by atoms with E-state index in [1.807, 2.05) is 0 Å². The number of hydrogen-bond acceptors (Lipinski definition) is 4. The molecule has 1 aromatic carbocycles. The summed E-state index contributed by atoms with van der Waals surface area (Å²) < 4.78 is 5.31. The van der Waals surface area contributed by atoms with E-state index in [1.54, 1.807) is 18.2 Å². The monoisotopic (exact) mass is 327 g/mol. The largest absolute Gasteiger partial charge is 0.482 e. The number of nitrogens with two attached hydrogens (primary N) is 1. The van der Waals surface area contributed by atoms with Gasteiger partial charge >= 0.3 is 0 Å². The summed E-state index contributed by atoms with van der Waals surface area (Å²) in [5.74, 6) is 0.398. The van der Waals surface area contributed by atoms with Crippen LogP contribution >= 0.6 is 12.4 Å². The Morgan fingerprint density at radius 3 is 2.82 bits per heavy atom. The van der Waals surface area contributed by atoms with Gasteiger partial charge in [0.25, 0.3) is 5.91 Å². The van der Waals surface area contributed by atoms with Gasteiger partial charge in [-0.2, -0.15) is 0 Å². The summed E-state index contributed by atoms with van der Waals surface area (Å²) >= 11 is 0. The number of carbonyl (C=O) groups is 2. The van der Waals surface area contributed by atoms with Crippen LogP contribution in [0.1, 0.15) is 32.1 Å². The fourth-order valence-corrected chi connectivity index (χ4v) is 2.16. The number of rotatable bonds is 7. The molecule has 0 aliphatic carbocycles. The van der Waals surface area contributed by atoms with Crippen LogP contribution in [0.4, 0.5) is 11.4 Å². The topological polar surface area (TPSA) is 93.5 Å². The Balaban J connectivity index is 0.00000242. The summed E-state index contributed by atoms with van der Waals surface area (Å²) in [7, 11) is 0. The third-order valence-electron chi connectivity index (χ3n) is 3.26. The molecule has 0 saturated heterocycles. The van der Waals surface area contributed by atoms with Crippen LogP contribution in [0.2, 0.25) is 0 Å². The molecule has 6 nitrogen and oxygen atoms in total. The molecule has 0 spiro atoms. The second kappa shape index (κ2) is 9.27. The number of benzene rings is 1. The Kier molecular flexibility index (Phi) is 7.70. The van der Waals surface area contributed by atoms with Gasteiger partial charge in [-0.3, -0.25) is 9.59 Å². The molecule has 1 aliphatic rings. The highest BCUT2D eigenvalue weighted by molar-refractivity contribution is 5.97. The van der Waals surface area contributed by atoms with E-state index in [4.69, 9.17) is 10.5 Å². The zero-order valence-electron chi connectivity index (χ0n) is 12.4. The van der Waals surface area contributed by atoms with Gasteiger partial charge in [0.15, 0.2) is 6.61 Å². The molecule has 1 aromatic rings. The molecule has 122 valence electrons. The lowest BCUT2D eigenvalue weighted by molar-refractivity contribution is -0.118. The molecule has 0 saturated carbocycles. The van der Waals surface area contributed by atoms with Gasteiger partial charge in [-0.1, -0.05) is 12.8 Å². The maximum absolute atomic E-state index is 11.8. The predicted octanol–water partition coefficient (Wildman–Crippen LogP) is 2.29. The van der Waals surface area contributed by atoms with Gasteiger partial charge < -0.3 is 21.1 Å². The predicted molar refractivity (Wildman–Crippen MR) is 88.6 cm³/mol. The van der Waals surface area contributed by atoms with Crippen molar-refractivity contribution in [1.29, 1.82) is 0 Å². The van der Waals surface area contributed by atoms with Crippen LogP contribution in [-0.2, 0) is 9.59 Å². The van der Waals surface area contributed by atoms with Gasteiger partial charge in [-0.05, 0) is 31.5 Å². The van der Waals surface area contributed by atoms with Crippen molar-refractivity contribution in [3.05, 3.63) is 18.2 Å². The van der Waals surface area contributed by atoms with Crippen LogP contribution in [0.3, 0.4) is 0 Å². The van der Waals surface area contributed by atoms with Crippen molar-refractivity contribution in [2.24, 2.45) is 5.73 Å². The SMILES string of the molecule is Cl.NCCCCCCC(=O)Nc1ccc2c(c1)OCC(=O)N2. The Labute approximate surface area is 136 Å².